The number of nitrogens with one attached hydrogen (secondary N) is 1. The normalized spacial score (nSPS) is 18.1. The smallest absolute Gasteiger partial charge is 0.414 e. The maximum Gasteiger partial charge on any atom is 0.414 e. The Labute approximate surface area is 232 Å². The number of halogens is 3. The monoisotopic (exact) mass is 574 g/mol. The predicted octanol–water partition coefficient (Wildman–Crippen LogP) is 2.10. The van der Waals surface area contributed by atoms with E-state index in [4.69, 9.17) is 16.3 Å². The van der Waals surface area contributed by atoms with E-state index in [-0.39, 0.29) is 67.3 Å². The van der Waals surface area contributed by atoms with Gasteiger partial charge in [-0.3, -0.25) is 14.5 Å². The zero-order valence-corrected chi connectivity index (χ0v) is 22.1. The van der Waals surface area contributed by atoms with Gasteiger partial charge in [0, 0.05) is 50.7 Å². The van der Waals surface area contributed by atoms with Gasteiger partial charge in [-0.05, 0) is 19.1 Å². The van der Waals surface area contributed by atoms with Gasteiger partial charge >= 0.3 is 6.09 Å². The van der Waals surface area contributed by atoms with Gasteiger partial charge in [-0.25, -0.2) is 23.2 Å². The maximum atomic E-state index is 15.2. The summed E-state index contributed by atoms with van der Waals surface area (Å²) in [5.41, 5.74) is -0.0527. The number of carbonyl (C=O) groups excluding carboxylic acids is 3. The molecule has 40 heavy (non-hydrogen) atoms. The molecule has 0 radical (unpaired) electrons. The average Bonchev–Trinajstić information content (AvgIpc) is 3.57. The molecule has 3 amide bonds. The molecule has 0 aliphatic carbocycles. The third-order valence-electron chi connectivity index (χ3n) is 6.68. The Morgan fingerprint density at radius 3 is 2.55 bits per heavy atom. The molecule has 2 aliphatic rings. The molecular formula is C25H25ClF2N8O4. The van der Waals surface area contributed by atoms with Gasteiger partial charge in [-0.15, -0.1) is 5.10 Å². The quantitative estimate of drug-likeness (QED) is 0.425. The van der Waals surface area contributed by atoms with Crippen LogP contribution in [0.1, 0.15) is 17.3 Å². The Hall–Kier alpha value is -4.33. The number of nitrogens with zero attached hydrogens (tertiary/aromatic N) is 7. The van der Waals surface area contributed by atoms with Crippen LogP contribution in [0.4, 0.5) is 25.0 Å². The van der Waals surface area contributed by atoms with Crippen molar-refractivity contribution in [3.05, 3.63) is 65.2 Å². The van der Waals surface area contributed by atoms with Gasteiger partial charge < -0.3 is 19.9 Å². The molecule has 2 aliphatic heterocycles. The third-order valence-corrected chi connectivity index (χ3v) is 6.98. The summed E-state index contributed by atoms with van der Waals surface area (Å²) in [6.45, 7) is 2.62. The van der Waals surface area contributed by atoms with Gasteiger partial charge in [0.05, 0.1) is 30.5 Å². The van der Waals surface area contributed by atoms with Crippen LogP contribution in [0.25, 0.3) is 0 Å². The fourth-order valence-electron chi connectivity index (χ4n) is 4.69. The summed E-state index contributed by atoms with van der Waals surface area (Å²) in [5.74, 6) is -2.54. The lowest BCUT2D eigenvalue weighted by Crippen LogP contribution is -2.54. The molecule has 1 aromatic carbocycles. The molecule has 2 atom stereocenters. The molecule has 2 saturated heterocycles. The number of benzene rings is 1. The fraction of sp³-hybridized carbons (Fsp3) is 0.360. The van der Waals surface area contributed by atoms with Crippen molar-refractivity contribution in [2.24, 2.45) is 0 Å². The number of pyridine rings is 1. The summed E-state index contributed by atoms with van der Waals surface area (Å²) in [6.07, 6.45) is 3.29. The molecule has 0 spiro atoms. The summed E-state index contributed by atoms with van der Waals surface area (Å²) in [6, 6.07) is 4.40. The molecule has 0 unspecified atom stereocenters. The van der Waals surface area contributed by atoms with E-state index in [1.807, 2.05) is 0 Å². The van der Waals surface area contributed by atoms with Crippen molar-refractivity contribution >= 4 is 40.9 Å². The molecule has 2 aromatic heterocycles. The van der Waals surface area contributed by atoms with Crippen molar-refractivity contribution in [2.45, 2.75) is 25.6 Å². The van der Waals surface area contributed by atoms with Gasteiger partial charge in [-0.2, -0.15) is 0 Å². The van der Waals surface area contributed by atoms with E-state index in [9.17, 15) is 14.4 Å². The molecular weight excluding hydrogens is 550 g/mol. The van der Waals surface area contributed by atoms with Crippen LogP contribution in [0.15, 0.2) is 42.9 Å². The second-order valence-corrected chi connectivity index (χ2v) is 9.71. The minimum Gasteiger partial charge on any atom is -0.442 e. The number of cyclic esters (lactones) is 1. The molecule has 210 valence electrons. The Morgan fingerprint density at radius 2 is 1.90 bits per heavy atom. The molecule has 4 heterocycles. The van der Waals surface area contributed by atoms with Crippen LogP contribution in [-0.4, -0.2) is 87.7 Å². The number of hydrogen-bond acceptors (Lipinski definition) is 8. The minimum atomic E-state index is -0.850. The summed E-state index contributed by atoms with van der Waals surface area (Å²) in [5, 5.41) is 10.2. The van der Waals surface area contributed by atoms with Crippen LogP contribution in [0.5, 0.6) is 0 Å². The van der Waals surface area contributed by atoms with E-state index < -0.39 is 35.8 Å². The number of ether oxygens (including phenoxy) is 1. The van der Waals surface area contributed by atoms with Crippen molar-refractivity contribution in [1.29, 1.82) is 0 Å². The number of aromatic nitrogens is 4. The van der Waals surface area contributed by atoms with Gasteiger partial charge in [0.25, 0.3) is 5.91 Å². The Morgan fingerprint density at radius 1 is 1.18 bits per heavy atom. The zero-order valence-electron chi connectivity index (χ0n) is 21.3. The van der Waals surface area contributed by atoms with Crippen molar-refractivity contribution in [3.63, 3.8) is 0 Å². The highest BCUT2D eigenvalue weighted by molar-refractivity contribution is 6.32. The first kappa shape index (κ1) is 27.2. The van der Waals surface area contributed by atoms with E-state index in [1.54, 1.807) is 19.2 Å². The van der Waals surface area contributed by atoms with Crippen LogP contribution in [-0.2, 0) is 16.1 Å². The van der Waals surface area contributed by atoms with Crippen LogP contribution in [0.3, 0.4) is 0 Å². The average molecular weight is 575 g/mol. The summed E-state index contributed by atoms with van der Waals surface area (Å²) < 4.78 is 37.2. The van der Waals surface area contributed by atoms with E-state index in [0.717, 1.165) is 12.1 Å². The summed E-state index contributed by atoms with van der Waals surface area (Å²) in [4.78, 5) is 45.8. The molecule has 2 fully saturated rings. The summed E-state index contributed by atoms with van der Waals surface area (Å²) in [7, 11) is 0. The number of amides is 3. The SMILES string of the molecule is C[C@H](NC(=O)c1cccnc1Cl)C(=O)N1CCN(c2c(F)cc(N3C[C@H](Cn4ccnn4)OC3=O)cc2F)CC1. The van der Waals surface area contributed by atoms with E-state index in [1.165, 1.54) is 37.8 Å². The van der Waals surface area contributed by atoms with Crippen molar-refractivity contribution < 1.29 is 27.9 Å². The number of piperazine rings is 1. The highest BCUT2D eigenvalue weighted by Crippen LogP contribution is 2.32. The molecule has 5 rings (SSSR count). The lowest BCUT2D eigenvalue weighted by atomic mass is 10.1. The number of rotatable bonds is 7. The molecule has 3 aromatic rings. The number of carbonyl (C=O) groups is 3. The van der Waals surface area contributed by atoms with Gasteiger partial charge in [0.15, 0.2) is 11.6 Å². The maximum absolute atomic E-state index is 15.2. The van der Waals surface area contributed by atoms with Crippen LogP contribution >= 0.6 is 11.6 Å². The van der Waals surface area contributed by atoms with Gasteiger partial charge in [0.2, 0.25) is 5.91 Å². The number of anilines is 2. The first-order valence-corrected chi connectivity index (χ1v) is 12.9. The van der Waals surface area contributed by atoms with E-state index in [2.05, 4.69) is 20.6 Å². The highest BCUT2D eigenvalue weighted by Gasteiger charge is 2.35. The van der Waals surface area contributed by atoms with E-state index in [0.29, 0.717) is 0 Å². The summed E-state index contributed by atoms with van der Waals surface area (Å²) >= 11 is 5.95. The molecule has 12 nitrogen and oxygen atoms in total. The molecule has 15 heteroatoms. The fourth-order valence-corrected chi connectivity index (χ4v) is 4.90. The Bertz CT molecular complexity index is 1390. The van der Waals surface area contributed by atoms with Gasteiger partial charge in [0.1, 0.15) is 23.0 Å². The first-order valence-electron chi connectivity index (χ1n) is 12.5. The second kappa shape index (κ2) is 11.4. The minimum absolute atomic E-state index is 0.0246. The highest BCUT2D eigenvalue weighted by atomic mass is 35.5. The standard InChI is InChI=1S/C25H25ClF2N8O4/c1-15(31-23(37)18-3-2-4-29-22(18)26)24(38)34-9-7-33(8-10-34)21-19(27)11-16(12-20(21)28)36-14-17(40-25(36)39)13-35-6-5-30-32-35/h2-6,11-12,15,17H,7-10,13-14H2,1H3,(H,31,37)/t15-,17-/m0/s1. The molecule has 0 bridgehead atoms. The van der Waals surface area contributed by atoms with Crippen LogP contribution < -0.4 is 15.1 Å². The van der Waals surface area contributed by atoms with Crippen molar-refractivity contribution in [3.8, 4) is 0 Å². The first-order chi connectivity index (χ1) is 19.2. The topological polar surface area (TPSA) is 126 Å². The second-order valence-electron chi connectivity index (χ2n) is 9.35. The lowest BCUT2D eigenvalue weighted by Gasteiger charge is -2.37. The van der Waals surface area contributed by atoms with Crippen molar-refractivity contribution in [1.82, 2.24) is 30.2 Å². The predicted molar refractivity (Wildman–Crippen MR) is 139 cm³/mol. The molecule has 1 N–H and O–H groups in total. The van der Waals surface area contributed by atoms with Crippen LogP contribution in [0.2, 0.25) is 5.15 Å². The number of hydrogen-bond donors (Lipinski definition) is 1. The molecule has 0 saturated carbocycles. The van der Waals surface area contributed by atoms with Crippen molar-refractivity contribution in [2.75, 3.05) is 42.5 Å². The Kier molecular flexibility index (Phi) is 7.78. The zero-order chi connectivity index (χ0) is 28.4. The Balaban J connectivity index is 1.19. The van der Waals surface area contributed by atoms with Crippen LogP contribution in [0, 0.1) is 11.6 Å². The third kappa shape index (κ3) is 5.66. The lowest BCUT2D eigenvalue weighted by molar-refractivity contribution is -0.133. The largest absolute Gasteiger partial charge is 0.442 e. The van der Waals surface area contributed by atoms with E-state index >= 15 is 8.78 Å². The van der Waals surface area contributed by atoms with Gasteiger partial charge in [-0.1, -0.05) is 16.8 Å².